The molecule has 0 bridgehead atoms. The van der Waals surface area contributed by atoms with Crippen LogP contribution in [0, 0.1) is 6.92 Å². The molecule has 0 amide bonds. The van der Waals surface area contributed by atoms with E-state index in [9.17, 15) is 0 Å². The Balaban J connectivity index is 2.03. The van der Waals surface area contributed by atoms with E-state index in [1.807, 2.05) is 0 Å². The number of hydrogen-bond donors (Lipinski definition) is 1. The second-order valence-electron chi connectivity index (χ2n) is 4.69. The van der Waals surface area contributed by atoms with Crippen LogP contribution in [-0.4, -0.2) is 6.54 Å². The first-order valence-electron chi connectivity index (χ1n) is 6.60. The van der Waals surface area contributed by atoms with Crippen molar-refractivity contribution in [3.63, 3.8) is 0 Å². The van der Waals surface area contributed by atoms with Crippen molar-refractivity contribution >= 4 is 11.3 Å². The summed E-state index contributed by atoms with van der Waals surface area (Å²) in [5.74, 6) is 0. The fourth-order valence-corrected chi connectivity index (χ4v) is 2.97. The minimum atomic E-state index is 0.467. The highest BCUT2D eigenvalue weighted by molar-refractivity contribution is 7.07. The maximum Gasteiger partial charge on any atom is 0.0323 e. The fourth-order valence-electron chi connectivity index (χ4n) is 2.27. The second-order valence-corrected chi connectivity index (χ2v) is 5.47. The Bertz CT molecular complexity index is 462. The number of nitrogens with one attached hydrogen (secondary N) is 1. The van der Waals surface area contributed by atoms with E-state index in [1.165, 1.54) is 16.7 Å². The monoisotopic (exact) mass is 259 g/mol. The molecule has 0 saturated heterocycles. The lowest BCUT2D eigenvalue weighted by Crippen LogP contribution is -2.21. The Hall–Kier alpha value is -1.12. The average molecular weight is 259 g/mol. The van der Waals surface area contributed by atoms with Gasteiger partial charge in [-0.2, -0.15) is 11.3 Å². The molecular weight excluding hydrogens is 238 g/mol. The SMILES string of the molecule is CCNC(CCc1ccsc1)c1cccc(C)c1. The molecule has 0 aliphatic heterocycles. The van der Waals surface area contributed by atoms with Crippen molar-refractivity contribution in [1.82, 2.24) is 5.32 Å². The van der Waals surface area contributed by atoms with Crippen LogP contribution in [0.15, 0.2) is 41.1 Å². The van der Waals surface area contributed by atoms with Crippen LogP contribution in [0.1, 0.15) is 36.1 Å². The summed E-state index contributed by atoms with van der Waals surface area (Å²) in [5.41, 5.74) is 4.20. The van der Waals surface area contributed by atoms with E-state index in [-0.39, 0.29) is 0 Å². The first-order valence-corrected chi connectivity index (χ1v) is 7.55. The van der Waals surface area contributed by atoms with Gasteiger partial charge in [0.1, 0.15) is 0 Å². The molecule has 0 aliphatic carbocycles. The molecule has 0 aliphatic rings. The molecule has 1 unspecified atom stereocenters. The smallest absolute Gasteiger partial charge is 0.0323 e. The Labute approximate surface area is 114 Å². The highest BCUT2D eigenvalue weighted by Gasteiger charge is 2.10. The van der Waals surface area contributed by atoms with Crippen molar-refractivity contribution < 1.29 is 0 Å². The van der Waals surface area contributed by atoms with Gasteiger partial charge in [0.2, 0.25) is 0 Å². The van der Waals surface area contributed by atoms with Gasteiger partial charge in [-0.1, -0.05) is 36.8 Å². The third-order valence-electron chi connectivity index (χ3n) is 3.20. The van der Waals surface area contributed by atoms with Gasteiger partial charge >= 0.3 is 0 Å². The lowest BCUT2D eigenvalue weighted by Gasteiger charge is -2.18. The van der Waals surface area contributed by atoms with E-state index >= 15 is 0 Å². The van der Waals surface area contributed by atoms with Crippen LogP contribution in [-0.2, 0) is 6.42 Å². The summed E-state index contributed by atoms with van der Waals surface area (Å²) >= 11 is 1.78. The van der Waals surface area contributed by atoms with Crippen molar-refractivity contribution in [2.75, 3.05) is 6.54 Å². The second kappa shape index (κ2) is 6.72. The highest BCUT2D eigenvalue weighted by Crippen LogP contribution is 2.21. The van der Waals surface area contributed by atoms with Crippen LogP contribution >= 0.6 is 11.3 Å². The van der Waals surface area contributed by atoms with Crippen LogP contribution in [0.3, 0.4) is 0 Å². The van der Waals surface area contributed by atoms with Gasteiger partial charge in [0.05, 0.1) is 0 Å². The standard InChI is InChI=1S/C16H21NS/c1-3-17-16(8-7-14-9-10-18-12-14)15-6-4-5-13(2)11-15/h4-6,9-12,16-17H,3,7-8H2,1-2H3. The maximum absolute atomic E-state index is 3.59. The molecule has 18 heavy (non-hydrogen) atoms. The molecular formula is C16H21NS. The van der Waals surface area contributed by atoms with Crippen molar-refractivity contribution in [2.24, 2.45) is 0 Å². The molecule has 2 rings (SSSR count). The van der Waals surface area contributed by atoms with Crippen LogP contribution in [0.4, 0.5) is 0 Å². The molecule has 0 radical (unpaired) electrons. The molecule has 0 saturated carbocycles. The third-order valence-corrected chi connectivity index (χ3v) is 3.93. The van der Waals surface area contributed by atoms with Gasteiger partial charge in [-0.3, -0.25) is 0 Å². The van der Waals surface area contributed by atoms with Crippen LogP contribution in [0.2, 0.25) is 0 Å². The summed E-state index contributed by atoms with van der Waals surface area (Å²) in [6.45, 7) is 5.35. The van der Waals surface area contributed by atoms with Gasteiger partial charge in [-0.05, 0) is 54.3 Å². The summed E-state index contributed by atoms with van der Waals surface area (Å²) in [5, 5.41) is 8.00. The summed E-state index contributed by atoms with van der Waals surface area (Å²) in [7, 11) is 0. The molecule has 1 N–H and O–H groups in total. The average Bonchev–Trinajstić information content (AvgIpc) is 2.87. The minimum Gasteiger partial charge on any atom is -0.310 e. The van der Waals surface area contributed by atoms with Crippen LogP contribution in [0.5, 0.6) is 0 Å². The summed E-state index contributed by atoms with van der Waals surface area (Å²) in [6.07, 6.45) is 2.31. The molecule has 96 valence electrons. The lowest BCUT2D eigenvalue weighted by molar-refractivity contribution is 0.515. The zero-order valence-electron chi connectivity index (χ0n) is 11.1. The van der Waals surface area contributed by atoms with E-state index in [0.29, 0.717) is 6.04 Å². The van der Waals surface area contributed by atoms with E-state index in [1.54, 1.807) is 11.3 Å². The summed E-state index contributed by atoms with van der Waals surface area (Å²) in [6, 6.07) is 11.5. The normalized spacial score (nSPS) is 12.6. The third kappa shape index (κ3) is 3.69. The minimum absolute atomic E-state index is 0.467. The molecule has 2 heteroatoms. The quantitative estimate of drug-likeness (QED) is 0.813. The van der Waals surface area contributed by atoms with E-state index in [4.69, 9.17) is 0 Å². The molecule has 1 aromatic heterocycles. The van der Waals surface area contributed by atoms with Gasteiger partial charge < -0.3 is 5.32 Å². The number of hydrogen-bond acceptors (Lipinski definition) is 2. The van der Waals surface area contributed by atoms with Gasteiger partial charge in [-0.25, -0.2) is 0 Å². The van der Waals surface area contributed by atoms with Crippen molar-refractivity contribution in [3.05, 3.63) is 57.8 Å². The number of aryl methyl sites for hydroxylation is 2. The predicted molar refractivity (Wildman–Crippen MR) is 80.2 cm³/mol. The van der Waals surface area contributed by atoms with Crippen LogP contribution in [0.25, 0.3) is 0 Å². The Morgan fingerprint density at radius 3 is 2.83 bits per heavy atom. The van der Waals surface area contributed by atoms with Crippen LogP contribution < -0.4 is 5.32 Å². The fraction of sp³-hybridized carbons (Fsp3) is 0.375. The van der Waals surface area contributed by atoms with E-state index in [2.05, 4.69) is 60.3 Å². The molecule has 1 aromatic carbocycles. The Morgan fingerprint density at radius 1 is 1.28 bits per heavy atom. The molecule has 1 atom stereocenters. The van der Waals surface area contributed by atoms with Crippen molar-refractivity contribution in [2.45, 2.75) is 32.7 Å². The maximum atomic E-state index is 3.59. The molecule has 2 aromatic rings. The lowest BCUT2D eigenvalue weighted by atomic mass is 9.98. The number of benzene rings is 1. The first kappa shape index (κ1) is 13.3. The van der Waals surface area contributed by atoms with Crippen molar-refractivity contribution in [3.8, 4) is 0 Å². The molecule has 0 fully saturated rings. The molecule has 0 spiro atoms. The Morgan fingerprint density at radius 2 is 2.17 bits per heavy atom. The molecule has 1 heterocycles. The summed E-state index contributed by atoms with van der Waals surface area (Å²) < 4.78 is 0. The largest absolute Gasteiger partial charge is 0.310 e. The van der Waals surface area contributed by atoms with E-state index < -0.39 is 0 Å². The highest BCUT2D eigenvalue weighted by atomic mass is 32.1. The molecule has 1 nitrogen and oxygen atoms in total. The zero-order valence-corrected chi connectivity index (χ0v) is 12.0. The topological polar surface area (TPSA) is 12.0 Å². The van der Waals surface area contributed by atoms with E-state index in [0.717, 1.165) is 19.4 Å². The van der Waals surface area contributed by atoms with Crippen molar-refractivity contribution in [1.29, 1.82) is 0 Å². The first-order chi connectivity index (χ1) is 8.79. The van der Waals surface area contributed by atoms with Gasteiger partial charge in [0, 0.05) is 6.04 Å². The predicted octanol–water partition coefficient (Wildman–Crippen LogP) is 4.34. The van der Waals surface area contributed by atoms with Gasteiger partial charge in [0.25, 0.3) is 0 Å². The van der Waals surface area contributed by atoms with Gasteiger partial charge in [-0.15, -0.1) is 0 Å². The Kier molecular flexibility index (Phi) is 4.97. The van der Waals surface area contributed by atoms with Gasteiger partial charge in [0.15, 0.2) is 0 Å². The number of thiophene rings is 1. The number of rotatable bonds is 6. The zero-order chi connectivity index (χ0) is 12.8. The summed E-state index contributed by atoms with van der Waals surface area (Å²) in [4.78, 5) is 0.